The van der Waals surface area contributed by atoms with Crippen molar-refractivity contribution in [3.63, 3.8) is 0 Å². The van der Waals surface area contributed by atoms with Crippen molar-refractivity contribution in [2.24, 2.45) is 5.11 Å². The van der Waals surface area contributed by atoms with Crippen molar-refractivity contribution in [2.45, 2.75) is 77.1 Å². The molecule has 1 heterocycles. The average Bonchev–Trinajstić information content (AvgIpc) is 3.46. The zero-order valence-corrected chi connectivity index (χ0v) is 42.2. The quantitative estimate of drug-likeness (QED) is 0.0205. The van der Waals surface area contributed by atoms with Gasteiger partial charge in [-0.2, -0.15) is 0 Å². The molecular weight excluding hydrogens is 955 g/mol. The Morgan fingerprint density at radius 2 is 1.03 bits per heavy atom. The van der Waals surface area contributed by atoms with Crippen molar-refractivity contribution in [3.05, 3.63) is 278 Å². The normalized spacial score (nSPS) is 17.2. The number of azide groups is 1. The molecule has 0 radical (unpaired) electrons. The summed E-state index contributed by atoms with van der Waals surface area (Å²) in [5, 5.41) is 17.0. The number of benzene rings is 8. The van der Waals surface area contributed by atoms with E-state index in [1.54, 1.807) is 24.3 Å². The van der Waals surface area contributed by atoms with Crippen LogP contribution in [-0.4, -0.2) is 41.9 Å². The number of ether oxygens (including phenoxy) is 7. The molecule has 0 amide bonds. The molecule has 1 aliphatic heterocycles. The lowest BCUT2D eigenvalue weighted by Crippen LogP contribution is -2.58. The molecule has 1 aliphatic rings. The number of aromatic hydroxyl groups is 1. The van der Waals surface area contributed by atoms with Crippen LogP contribution < -0.4 is 9.47 Å². The predicted molar refractivity (Wildman–Crippen MR) is 292 cm³/mol. The highest BCUT2D eigenvalue weighted by atomic mass is 16.6. The fraction of sp³-hybridized carbons (Fsp3) is 0.203. The zero-order chi connectivity index (χ0) is 52.3. The number of phenols is 1. The predicted octanol–water partition coefficient (Wildman–Crippen LogP) is 14.1. The van der Waals surface area contributed by atoms with E-state index in [0.29, 0.717) is 5.69 Å². The van der Waals surface area contributed by atoms with Gasteiger partial charge in [0, 0.05) is 16.7 Å². The highest BCUT2D eigenvalue weighted by Crippen LogP contribution is 2.49. The first-order valence-electron chi connectivity index (χ1n) is 25.2. The number of phenolic OH excluding ortho intramolecular Hbond substituents is 1. The van der Waals surface area contributed by atoms with Crippen molar-refractivity contribution in [3.8, 4) is 17.2 Å². The Labute approximate surface area is 443 Å². The first-order valence-corrected chi connectivity index (χ1v) is 25.2. The molecule has 0 aliphatic carbocycles. The lowest BCUT2D eigenvalue weighted by Gasteiger charge is -2.46. The molecule has 1 N–H and O–H groups in total. The van der Waals surface area contributed by atoms with E-state index in [2.05, 4.69) is 10.0 Å². The van der Waals surface area contributed by atoms with E-state index in [4.69, 9.17) is 38.7 Å². The van der Waals surface area contributed by atoms with Gasteiger partial charge in [0.25, 0.3) is 0 Å². The van der Waals surface area contributed by atoms with Crippen LogP contribution in [0.2, 0.25) is 0 Å². The first kappa shape index (κ1) is 52.5. The number of hydrogen-bond donors (Lipinski definition) is 1. The van der Waals surface area contributed by atoms with E-state index in [1.807, 2.05) is 195 Å². The second kappa shape index (κ2) is 26.8. The van der Waals surface area contributed by atoms with Gasteiger partial charge in [-0.1, -0.05) is 217 Å². The molecule has 9 rings (SSSR count). The summed E-state index contributed by atoms with van der Waals surface area (Å²) < 4.78 is 48.4. The molecule has 0 saturated carbocycles. The Balaban J connectivity index is 1.21. The summed E-state index contributed by atoms with van der Waals surface area (Å²) >= 11 is 0. The van der Waals surface area contributed by atoms with Gasteiger partial charge in [0.15, 0.2) is 5.78 Å². The second-order valence-electron chi connectivity index (χ2n) is 18.4. The van der Waals surface area contributed by atoms with Gasteiger partial charge in [0.2, 0.25) is 0 Å². The van der Waals surface area contributed by atoms with Crippen LogP contribution in [0.4, 0.5) is 5.69 Å². The lowest BCUT2D eigenvalue weighted by molar-refractivity contribution is -0.275. The number of carbonyl (C=O) groups excluding carboxylic acids is 1. The first-order chi connectivity index (χ1) is 37.4. The minimum absolute atomic E-state index is 0.0250. The number of aryl methyl sites for hydroxylation is 1. The second-order valence-corrected chi connectivity index (χ2v) is 18.4. The molecule has 0 unspecified atom stereocenters. The summed E-state index contributed by atoms with van der Waals surface area (Å²) in [7, 11) is 0. The number of ketones is 1. The summed E-state index contributed by atoms with van der Waals surface area (Å²) in [6.45, 7) is 2.85. The summed E-state index contributed by atoms with van der Waals surface area (Å²) in [4.78, 5) is 17.9. The van der Waals surface area contributed by atoms with E-state index in [9.17, 15) is 9.90 Å². The summed E-state index contributed by atoms with van der Waals surface area (Å²) in [6, 6.07) is 65.2. The molecule has 1 fully saturated rings. The largest absolute Gasteiger partial charge is 0.506 e. The Morgan fingerprint density at radius 3 is 1.55 bits per heavy atom. The van der Waals surface area contributed by atoms with E-state index in [-0.39, 0.29) is 68.9 Å². The third-order valence-electron chi connectivity index (χ3n) is 12.9. The molecule has 0 bridgehead atoms. The van der Waals surface area contributed by atoms with E-state index < -0.39 is 42.1 Å². The van der Waals surface area contributed by atoms with Crippen LogP contribution in [0.1, 0.15) is 66.5 Å². The van der Waals surface area contributed by atoms with Crippen LogP contribution in [0, 0.1) is 6.92 Å². The summed E-state index contributed by atoms with van der Waals surface area (Å²) in [5.41, 5.74) is 16.7. The molecule has 8 aromatic rings. The molecule has 0 aromatic heterocycles. The van der Waals surface area contributed by atoms with Gasteiger partial charge in [-0.3, -0.25) is 4.79 Å². The number of carbonyl (C=O) groups is 1. The molecule has 5 atom stereocenters. The van der Waals surface area contributed by atoms with Crippen molar-refractivity contribution in [2.75, 3.05) is 6.61 Å². The van der Waals surface area contributed by atoms with E-state index in [1.165, 1.54) is 6.08 Å². The highest BCUT2D eigenvalue weighted by molar-refractivity contribution is 6.11. The van der Waals surface area contributed by atoms with Gasteiger partial charge in [0.1, 0.15) is 66.5 Å². The SMILES string of the molecule is Cc1ccc(/C=C/C(=O)c2c(OCc3ccccc3)cc(OCc3ccccc3)c([C@@H]3O[C@H](COCc4ccccc4)[C@@H](OCc4ccccc4)[C@H](OCc4ccccc4)[C@H]3OCc3ccc(N=[N+]=[N-])cc3)c2O)cc1. The maximum atomic E-state index is 14.9. The molecule has 12 heteroatoms. The molecule has 384 valence electrons. The monoisotopic (exact) mass is 1010 g/mol. The topological polar surface area (TPSA) is 151 Å². The van der Waals surface area contributed by atoms with Crippen LogP contribution >= 0.6 is 0 Å². The minimum atomic E-state index is -1.20. The van der Waals surface area contributed by atoms with Crippen LogP contribution in [0.25, 0.3) is 16.5 Å². The molecule has 0 spiro atoms. The van der Waals surface area contributed by atoms with Crippen LogP contribution in [0.5, 0.6) is 17.2 Å². The number of rotatable bonds is 24. The molecule has 12 nitrogen and oxygen atoms in total. The van der Waals surface area contributed by atoms with Crippen molar-refractivity contribution < 1.29 is 43.1 Å². The van der Waals surface area contributed by atoms with Crippen LogP contribution in [-0.2, 0) is 63.3 Å². The van der Waals surface area contributed by atoms with Crippen LogP contribution in [0.3, 0.4) is 0 Å². The smallest absolute Gasteiger partial charge is 0.193 e. The summed E-state index contributed by atoms with van der Waals surface area (Å²) in [5.74, 6) is -0.646. The number of allylic oxidation sites excluding steroid dienone is 1. The zero-order valence-electron chi connectivity index (χ0n) is 42.2. The van der Waals surface area contributed by atoms with Gasteiger partial charge in [-0.15, -0.1) is 0 Å². The Bertz CT molecular complexity index is 3160. The number of hydrogen-bond acceptors (Lipinski definition) is 10. The van der Waals surface area contributed by atoms with Gasteiger partial charge in [-0.25, -0.2) is 0 Å². The summed E-state index contributed by atoms with van der Waals surface area (Å²) in [6.07, 6.45) is -1.70. The third kappa shape index (κ3) is 14.3. The van der Waals surface area contributed by atoms with Gasteiger partial charge in [-0.05, 0) is 57.5 Å². The fourth-order valence-corrected chi connectivity index (χ4v) is 8.94. The Hall–Kier alpha value is -8.32. The highest BCUT2D eigenvalue weighted by Gasteiger charge is 2.51. The molecule has 76 heavy (non-hydrogen) atoms. The average molecular weight is 1010 g/mol. The molecular formula is C64H59N3O9. The minimum Gasteiger partial charge on any atom is -0.506 e. The maximum absolute atomic E-state index is 14.9. The number of nitrogens with zero attached hydrogens (tertiary/aromatic N) is 3. The maximum Gasteiger partial charge on any atom is 0.193 e. The van der Waals surface area contributed by atoms with Gasteiger partial charge >= 0.3 is 0 Å². The third-order valence-corrected chi connectivity index (χ3v) is 12.9. The Morgan fingerprint density at radius 1 is 0.566 bits per heavy atom. The van der Waals surface area contributed by atoms with Gasteiger partial charge in [0.05, 0.1) is 38.6 Å². The van der Waals surface area contributed by atoms with E-state index >= 15 is 0 Å². The lowest BCUT2D eigenvalue weighted by atomic mass is 9.87. The van der Waals surface area contributed by atoms with Crippen molar-refractivity contribution >= 4 is 17.5 Å². The van der Waals surface area contributed by atoms with Crippen molar-refractivity contribution in [1.29, 1.82) is 0 Å². The fourth-order valence-electron chi connectivity index (χ4n) is 8.94. The molecule has 8 aromatic carbocycles. The standard InChI is InChI=1S/C64H59N3O9/c1-45-27-29-46(30-28-45)33-36-54(68)58-55(71-39-48-19-9-3-10-20-48)37-56(72-40-49-21-11-4-12-22-49)59(60(58)69)62-64(75-43-52-31-34-53(35-32-52)66-67-65)63(74-42-51-25-15-6-16-26-51)61(73-41-50-23-13-5-14-24-50)57(76-62)44-70-38-47-17-7-2-8-18-47/h2-37,57,61-64,69H,38-44H2,1H3/b36-33+/t57-,61-,62+,63+,64+/m1/s1. The van der Waals surface area contributed by atoms with E-state index in [0.717, 1.165) is 44.5 Å². The van der Waals surface area contributed by atoms with Crippen molar-refractivity contribution in [1.82, 2.24) is 0 Å². The van der Waals surface area contributed by atoms with Crippen LogP contribution in [0.15, 0.2) is 217 Å². The molecule has 1 saturated heterocycles. The Kier molecular flexibility index (Phi) is 18.5. The van der Waals surface area contributed by atoms with Gasteiger partial charge < -0.3 is 38.3 Å².